The van der Waals surface area contributed by atoms with Crippen LogP contribution in [-0.4, -0.2) is 81.5 Å². The Morgan fingerprint density at radius 3 is 2.07 bits per heavy atom. The van der Waals surface area contributed by atoms with Crippen LogP contribution in [0.1, 0.15) is 88.8 Å². The van der Waals surface area contributed by atoms with E-state index < -0.39 is 17.0 Å². The third-order valence-corrected chi connectivity index (χ3v) is 8.78. The summed E-state index contributed by atoms with van der Waals surface area (Å²) in [5.74, 6) is 0.0322. The highest BCUT2D eigenvalue weighted by atomic mass is 16.2. The number of rotatable bonds is 10. The summed E-state index contributed by atoms with van der Waals surface area (Å²) in [4.78, 5) is 40.4. The Bertz CT molecular complexity index is 1540. The first-order chi connectivity index (χ1) is 21.0. The van der Waals surface area contributed by atoms with Crippen molar-refractivity contribution in [3.63, 3.8) is 0 Å². The van der Waals surface area contributed by atoms with Crippen molar-refractivity contribution in [3.05, 3.63) is 75.6 Å². The van der Waals surface area contributed by atoms with E-state index in [0.717, 1.165) is 35.1 Å². The first kappa shape index (κ1) is 30.8. The zero-order chi connectivity index (χ0) is 31.6. The third kappa shape index (κ3) is 5.79. The van der Waals surface area contributed by atoms with Gasteiger partial charge in [-0.05, 0) is 110 Å². The van der Waals surface area contributed by atoms with Crippen LogP contribution >= 0.6 is 0 Å². The van der Waals surface area contributed by atoms with Crippen molar-refractivity contribution >= 4 is 17.7 Å². The second-order valence-corrected chi connectivity index (χ2v) is 12.3. The van der Waals surface area contributed by atoms with E-state index in [9.17, 15) is 19.6 Å². The minimum absolute atomic E-state index is 0.0607. The van der Waals surface area contributed by atoms with E-state index in [4.69, 9.17) is 0 Å². The van der Waals surface area contributed by atoms with Crippen LogP contribution in [0, 0.1) is 11.3 Å². The van der Waals surface area contributed by atoms with Gasteiger partial charge in [0.25, 0.3) is 11.8 Å². The highest BCUT2D eigenvalue weighted by Crippen LogP contribution is 2.48. The molecule has 3 amide bonds. The minimum atomic E-state index is -0.928. The number of aryl methyl sites for hydroxylation is 2. The molecule has 12 nitrogen and oxygen atoms in total. The van der Waals surface area contributed by atoms with Crippen molar-refractivity contribution in [1.29, 1.82) is 5.26 Å². The molecule has 0 spiro atoms. The molecule has 1 fully saturated rings. The van der Waals surface area contributed by atoms with Gasteiger partial charge in [-0.3, -0.25) is 14.4 Å². The summed E-state index contributed by atoms with van der Waals surface area (Å²) in [6.45, 7) is 5.88. The number of H-pyrrole nitrogens is 1. The summed E-state index contributed by atoms with van der Waals surface area (Å²) < 4.78 is 0. The van der Waals surface area contributed by atoms with Gasteiger partial charge in [0.2, 0.25) is 5.91 Å². The average Bonchev–Trinajstić information content (AvgIpc) is 3.73. The molecule has 2 aromatic carbocycles. The first-order valence-corrected chi connectivity index (χ1v) is 15.0. The van der Waals surface area contributed by atoms with Crippen LogP contribution in [0.3, 0.4) is 0 Å². The average molecular weight is 598 g/mol. The molecule has 2 aliphatic carbocycles. The number of amides is 3. The quantitative estimate of drug-likeness (QED) is 0.275. The number of tetrazole rings is 1. The number of benzene rings is 2. The predicted octanol–water partition coefficient (Wildman–Crippen LogP) is 2.01. The lowest BCUT2D eigenvalue weighted by Gasteiger charge is -2.41. The maximum Gasteiger partial charge on any atom is 0.251 e. The second-order valence-electron chi connectivity index (χ2n) is 12.3. The molecular formula is C32H39N9O3. The molecular weight excluding hydrogens is 558 g/mol. The minimum Gasteiger partial charge on any atom is -0.355 e. The maximum atomic E-state index is 13.4. The van der Waals surface area contributed by atoms with Gasteiger partial charge in [-0.15, -0.1) is 5.10 Å². The Morgan fingerprint density at radius 1 is 1.05 bits per heavy atom. The summed E-state index contributed by atoms with van der Waals surface area (Å²) in [6.07, 6.45) is 3.50. The molecule has 0 saturated heterocycles. The topological polar surface area (TPSA) is 169 Å². The van der Waals surface area contributed by atoms with Gasteiger partial charge in [-0.25, -0.2) is 5.10 Å². The first-order valence-electron chi connectivity index (χ1n) is 15.0. The van der Waals surface area contributed by atoms with Gasteiger partial charge in [0, 0.05) is 36.8 Å². The van der Waals surface area contributed by atoms with E-state index in [-0.39, 0.29) is 30.3 Å². The van der Waals surface area contributed by atoms with Crippen molar-refractivity contribution < 1.29 is 14.4 Å². The van der Waals surface area contributed by atoms with Crippen LogP contribution in [0.25, 0.3) is 0 Å². The van der Waals surface area contributed by atoms with Crippen molar-refractivity contribution in [3.8, 4) is 6.07 Å². The third-order valence-electron chi connectivity index (χ3n) is 8.78. The molecule has 1 aromatic heterocycles. The zero-order valence-corrected chi connectivity index (χ0v) is 25.8. The summed E-state index contributed by atoms with van der Waals surface area (Å²) in [5.41, 5.74) is 3.33. The van der Waals surface area contributed by atoms with E-state index in [1.165, 1.54) is 0 Å². The van der Waals surface area contributed by atoms with Crippen LogP contribution in [0.15, 0.2) is 36.4 Å². The van der Waals surface area contributed by atoms with Crippen LogP contribution in [0.5, 0.6) is 0 Å². The number of aromatic amines is 1. The summed E-state index contributed by atoms with van der Waals surface area (Å²) >= 11 is 0. The fourth-order valence-corrected chi connectivity index (χ4v) is 6.57. The predicted molar refractivity (Wildman–Crippen MR) is 163 cm³/mol. The van der Waals surface area contributed by atoms with Crippen LogP contribution in [0.2, 0.25) is 0 Å². The second kappa shape index (κ2) is 12.2. The van der Waals surface area contributed by atoms with E-state index in [1.54, 1.807) is 38.1 Å². The molecule has 5 rings (SSSR count). The zero-order valence-electron chi connectivity index (χ0n) is 25.8. The number of hydrogen-bond donors (Lipinski definition) is 4. The van der Waals surface area contributed by atoms with Crippen molar-refractivity contribution in [2.24, 2.45) is 0 Å². The van der Waals surface area contributed by atoms with Crippen molar-refractivity contribution in [2.75, 3.05) is 20.6 Å². The number of carbonyl (C=O) groups is 3. The van der Waals surface area contributed by atoms with Gasteiger partial charge in [0.15, 0.2) is 5.82 Å². The molecule has 1 heterocycles. The van der Waals surface area contributed by atoms with Crippen molar-refractivity contribution in [2.45, 2.75) is 75.9 Å². The number of carbonyl (C=O) groups excluding carboxylic acids is 3. The Balaban J connectivity index is 1.62. The van der Waals surface area contributed by atoms with E-state index >= 15 is 0 Å². The highest BCUT2D eigenvalue weighted by molar-refractivity contribution is 5.95. The number of aromatic nitrogens is 4. The molecule has 0 aliphatic heterocycles. The lowest BCUT2D eigenvalue weighted by Crippen LogP contribution is -2.52. The fourth-order valence-electron chi connectivity index (χ4n) is 6.57. The van der Waals surface area contributed by atoms with Crippen LogP contribution in [0.4, 0.5) is 0 Å². The van der Waals surface area contributed by atoms with E-state index in [1.807, 2.05) is 38.1 Å². The maximum absolute atomic E-state index is 13.4. The van der Waals surface area contributed by atoms with E-state index in [2.05, 4.69) is 42.6 Å². The molecule has 1 atom stereocenters. The SMILES string of the molecule is CNC(=O)c1ccc2c(c1)CCc1cc(C(=O)NC)ccc1C2(CC(C)(C)NCC(=O)N(C(C)C#N)C1CC1)c1nnn[nH]1. The molecule has 0 bridgehead atoms. The fraction of sp³-hybridized carbons (Fsp3) is 0.469. The number of nitrogens with zero attached hydrogens (tertiary/aromatic N) is 5. The number of nitrogens with one attached hydrogen (secondary N) is 4. The van der Waals surface area contributed by atoms with Gasteiger partial charge >= 0.3 is 0 Å². The number of hydrogen-bond acceptors (Lipinski definition) is 8. The lowest BCUT2D eigenvalue weighted by molar-refractivity contribution is -0.132. The Hall–Kier alpha value is -4.63. The Labute approximate surface area is 257 Å². The lowest BCUT2D eigenvalue weighted by atomic mass is 9.65. The summed E-state index contributed by atoms with van der Waals surface area (Å²) in [6, 6.07) is 13.2. The molecule has 2 aliphatic rings. The molecule has 1 saturated carbocycles. The molecule has 4 N–H and O–H groups in total. The van der Waals surface area contributed by atoms with E-state index in [0.29, 0.717) is 36.2 Å². The largest absolute Gasteiger partial charge is 0.355 e. The van der Waals surface area contributed by atoms with Gasteiger partial charge < -0.3 is 20.9 Å². The monoisotopic (exact) mass is 597 g/mol. The summed E-state index contributed by atoms with van der Waals surface area (Å²) in [7, 11) is 3.21. The normalized spacial score (nSPS) is 16.0. The number of nitriles is 1. The van der Waals surface area contributed by atoms with Gasteiger partial charge in [-0.2, -0.15) is 5.26 Å². The molecule has 0 radical (unpaired) electrons. The molecule has 44 heavy (non-hydrogen) atoms. The van der Waals surface area contributed by atoms with Crippen LogP contribution < -0.4 is 16.0 Å². The molecule has 230 valence electrons. The van der Waals surface area contributed by atoms with Gasteiger partial charge in [0.05, 0.1) is 18.0 Å². The Kier molecular flexibility index (Phi) is 8.52. The number of fused-ring (bicyclic) bond motifs is 2. The molecule has 1 unspecified atom stereocenters. The highest BCUT2D eigenvalue weighted by Gasteiger charge is 2.48. The molecule has 12 heteroatoms. The Morgan fingerprint density at radius 2 is 1.61 bits per heavy atom. The smallest absolute Gasteiger partial charge is 0.251 e. The van der Waals surface area contributed by atoms with Gasteiger partial charge in [0.1, 0.15) is 6.04 Å². The molecule has 3 aromatic rings. The van der Waals surface area contributed by atoms with Crippen molar-refractivity contribution in [1.82, 2.24) is 41.5 Å². The summed E-state index contributed by atoms with van der Waals surface area (Å²) in [5, 5.41) is 33.8. The van der Waals surface area contributed by atoms with Gasteiger partial charge in [-0.1, -0.05) is 12.1 Å². The van der Waals surface area contributed by atoms with Crippen LogP contribution in [-0.2, 0) is 23.1 Å². The standard InChI is InChI=1S/C32H39N9O3/c1-19(16-33)41(24-10-11-24)27(42)17-36-31(2,3)18-32(30-37-39-40-38-30)25-12-8-22(28(43)34-4)14-20(25)6-7-21-15-23(29(44)35-5)9-13-26(21)32/h8-9,12-15,19,24,36H,6-7,10-11,17-18H2,1-5H3,(H,34,43)(H,35,44)(H,37,38,39,40).